The van der Waals surface area contributed by atoms with Crippen LogP contribution in [-0.4, -0.2) is 72.1 Å². The van der Waals surface area contributed by atoms with Gasteiger partial charge in [-0.25, -0.2) is 14.7 Å². The van der Waals surface area contributed by atoms with Crippen molar-refractivity contribution in [2.45, 2.75) is 78.0 Å². The highest BCUT2D eigenvalue weighted by atomic mass is 127. The Hall–Kier alpha value is -1.76. The van der Waals surface area contributed by atoms with Gasteiger partial charge in [-0.1, -0.05) is 13.8 Å². The molecule has 0 radical (unpaired) electrons. The lowest BCUT2D eigenvalue weighted by molar-refractivity contribution is 0.266. The van der Waals surface area contributed by atoms with Crippen LogP contribution in [0, 0.1) is 6.92 Å². The number of rotatable bonds is 7. The van der Waals surface area contributed by atoms with E-state index in [9.17, 15) is 0 Å². The molecule has 2 aliphatic rings. The molecule has 2 aliphatic heterocycles. The van der Waals surface area contributed by atoms with Crippen LogP contribution >= 0.6 is 24.0 Å². The second-order valence-electron chi connectivity index (χ2n) is 8.55. The first-order valence-corrected chi connectivity index (χ1v) is 11.6. The first kappa shape index (κ1) is 24.9. The van der Waals surface area contributed by atoms with E-state index in [1.54, 1.807) is 0 Å². The fourth-order valence-corrected chi connectivity index (χ4v) is 4.47. The summed E-state index contributed by atoms with van der Waals surface area (Å²) in [6.45, 7) is 10.8. The highest BCUT2D eigenvalue weighted by Crippen LogP contribution is 2.16. The summed E-state index contributed by atoms with van der Waals surface area (Å²) in [6.07, 6.45) is 5.35. The van der Waals surface area contributed by atoms with Crippen LogP contribution in [-0.2, 0) is 33.0 Å². The Kier molecular flexibility index (Phi) is 8.86. The number of hydrogen-bond donors (Lipinski definition) is 2. The van der Waals surface area contributed by atoms with Gasteiger partial charge in [0.15, 0.2) is 17.6 Å². The number of aliphatic imine (C=N–C) groups is 1. The minimum atomic E-state index is 0. The van der Waals surface area contributed by atoms with Gasteiger partial charge in [0.1, 0.15) is 18.2 Å². The number of fused-ring (bicyclic) bond motifs is 1. The highest BCUT2D eigenvalue weighted by Gasteiger charge is 2.25. The summed E-state index contributed by atoms with van der Waals surface area (Å²) in [5.41, 5.74) is 0. The summed E-state index contributed by atoms with van der Waals surface area (Å²) in [7, 11) is 1.98. The van der Waals surface area contributed by atoms with E-state index in [1.165, 1.54) is 19.4 Å². The molecule has 1 fully saturated rings. The summed E-state index contributed by atoms with van der Waals surface area (Å²) in [6, 6.07) is 0.840. The molecular weight excluding hydrogens is 519 g/mol. The molecule has 0 bridgehead atoms. The van der Waals surface area contributed by atoms with Gasteiger partial charge in [0.25, 0.3) is 0 Å². The molecule has 0 aromatic carbocycles. The predicted octanol–water partition coefficient (Wildman–Crippen LogP) is 1.43. The van der Waals surface area contributed by atoms with E-state index in [0.29, 0.717) is 12.6 Å². The van der Waals surface area contributed by atoms with Crippen LogP contribution in [0.25, 0.3) is 0 Å². The number of aromatic nitrogens is 6. The minimum absolute atomic E-state index is 0. The number of nitrogens with one attached hydrogen (secondary N) is 2. The first-order valence-electron chi connectivity index (χ1n) is 11.6. The van der Waals surface area contributed by atoms with Crippen molar-refractivity contribution < 1.29 is 0 Å². The molecule has 0 aliphatic carbocycles. The van der Waals surface area contributed by atoms with Crippen molar-refractivity contribution in [2.24, 2.45) is 12.0 Å². The molecule has 2 N–H and O–H groups in total. The third kappa shape index (κ3) is 5.77. The maximum Gasteiger partial charge on any atom is 0.192 e. The molecule has 2 aromatic rings. The molecule has 4 heterocycles. The molecule has 32 heavy (non-hydrogen) atoms. The van der Waals surface area contributed by atoms with Gasteiger partial charge < -0.3 is 15.2 Å². The Labute approximate surface area is 207 Å². The Morgan fingerprint density at radius 3 is 2.78 bits per heavy atom. The summed E-state index contributed by atoms with van der Waals surface area (Å²) >= 11 is 0. The lowest BCUT2D eigenvalue weighted by Crippen LogP contribution is -2.50. The number of likely N-dealkylation sites (tertiary alicyclic amines) is 1. The number of hydrogen-bond acceptors (Lipinski definition) is 6. The topological polar surface area (TPSA) is 101 Å². The zero-order valence-corrected chi connectivity index (χ0v) is 22.0. The van der Waals surface area contributed by atoms with Crippen molar-refractivity contribution in [3.8, 4) is 0 Å². The summed E-state index contributed by atoms with van der Waals surface area (Å²) in [5, 5.41) is 20.3. The third-order valence-corrected chi connectivity index (χ3v) is 6.53. The normalized spacial score (nSPS) is 21.3. The molecule has 10 nitrogen and oxygen atoms in total. The van der Waals surface area contributed by atoms with E-state index in [0.717, 1.165) is 68.2 Å². The van der Waals surface area contributed by atoms with Gasteiger partial charge in [-0.2, -0.15) is 5.10 Å². The van der Waals surface area contributed by atoms with Gasteiger partial charge in [-0.3, -0.25) is 4.90 Å². The zero-order valence-electron chi connectivity index (χ0n) is 19.7. The molecule has 2 atom stereocenters. The SMILES string of the molecule is CCc1nc2n(n1)CC(NC(=NCc1nnc(C)n1C)NCC1CCCN1CC)CC2.I. The third-order valence-electron chi connectivity index (χ3n) is 6.53. The Balaban J connectivity index is 0.00000289. The molecular formula is C21H37IN10. The van der Waals surface area contributed by atoms with Crippen LogP contribution in [0.15, 0.2) is 4.99 Å². The van der Waals surface area contributed by atoms with Crippen molar-refractivity contribution in [2.75, 3.05) is 19.6 Å². The molecule has 1 saturated heterocycles. The quantitative estimate of drug-likeness (QED) is 0.303. The zero-order chi connectivity index (χ0) is 21.8. The molecule has 2 unspecified atom stereocenters. The highest BCUT2D eigenvalue weighted by molar-refractivity contribution is 14.0. The van der Waals surface area contributed by atoms with Crippen molar-refractivity contribution in [3.05, 3.63) is 23.3 Å². The average Bonchev–Trinajstić information content (AvgIpc) is 3.49. The average molecular weight is 557 g/mol. The van der Waals surface area contributed by atoms with Crippen molar-refractivity contribution >= 4 is 29.9 Å². The standard InChI is InChI=1S/C21H36N10.HI/c1-5-18-25-19-10-9-16(14-31(19)28-18)24-21(22-12-17-8-7-11-30(17)6-2)23-13-20-27-26-15(3)29(20)4;/h16-17H,5-14H2,1-4H3,(H2,22,23,24);1H. The van der Waals surface area contributed by atoms with Gasteiger partial charge >= 0.3 is 0 Å². The van der Waals surface area contributed by atoms with Crippen molar-refractivity contribution in [1.82, 2.24) is 45.1 Å². The molecule has 0 amide bonds. The number of guanidine groups is 1. The molecule has 0 saturated carbocycles. The van der Waals surface area contributed by atoms with Crippen LogP contribution in [0.4, 0.5) is 0 Å². The molecule has 2 aromatic heterocycles. The monoisotopic (exact) mass is 556 g/mol. The van der Waals surface area contributed by atoms with E-state index < -0.39 is 0 Å². The molecule has 178 valence electrons. The number of halogens is 1. The van der Waals surface area contributed by atoms with Crippen molar-refractivity contribution in [3.63, 3.8) is 0 Å². The molecule has 4 rings (SSSR count). The molecule has 0 spiro atoms. The van der Waals surface area contributed by atoms with E-state index >= 15 is 0 Å². The smallest absolute Gasteiger partial charge is 0.192 e. The fourth-order valence-electron chi connectivity index (χ4n) is 4.47. The maximum atomic E-state index is 4.86. The van der Waals surface area contributed by atoms with E-state index in [1.807, 2.05) is 18.5 Å². The predicted molar refractivity (Wildman–Crippen MR) is 135 cm³/mol. The minimum Gasteiger partial charge on any atom is -0.355 e. The lowest BCUT2D eigenvalue weighted by atomic mass is 10.1. The van der Waals surface area contributed by atoms with Crippen LogP contribution in [0.1, 0.15) is 56.4 Å². The number of likely N-dealkylation sites (N-methyl/N-ethyl adjacent to an activating group) is 1. The summed E-state index contributed by atoms with van der Waals surface area (Å²) in [5.74, 6) is 4.63. The number of nitrogens with zero attached hydrogens (tertiary/aromatic N) is 8. The summed E-state index contributed by atoms with van der Waals surface area (Å²) < 4.78 is 4.05. The molecule has 11 heteroatoms. The van der Waals surface area contributed by atoms with Crippen LogP contribution in [0.5, 0.6) is 0 Å². The first-order chi connectivity index (χ1) is 15.1. The Bertz CT molecular complexity index is 905. The van der Waals surface area contributed by atoms with Gasteiger partial charge in [0.05, 0.1) is 6.54 Å². The lowest BCUT2D eigenvalue weighted by Gasteiger charge is -2.27. The van der Waals surface area contributed by atoms with Crippen LogP contribution < -0.4 is 10.6 Å². The maximum absolute atomic E-state index is 4.86. The largest absolute Gasteiger partial charge is 0.355 e. The van der Waals surface area contributed by atoms with Gasteiger partial charge in [-0.15, -0.1) is 34.2 Å². The van der Waals surface area contributed by atoms with E-state index in [2.05, 4.69) is 54.3 Å². The summed E-state index contributed by atoms with van der Waals surface area (Å²) in [4.78, 5) is 12.0. The second-order valence-corrected chi connectivity index (χ2v) is 8.55. The van der Waals surface area contributed by atoms with Crippen molar-refractivity contribution in [1.29, 1.82) is 0 Å². The fraction of sp³-hybridized carbons (Fsp3) is 0.762. The van der Waals surface area contributed by atoms with Crippen LogP contribution in [0.3, 0.4) is 0 Å². The van der Waals surface area contributed by atoms with E-state index in [-0.39, 0.29) is 30.0 Å². The van der Waals surface area contributed by atoms with Gasteiger partial charge in [-0.05, 0) is 39.3 Å². The second kappa shape index (κ2) is 11.4. The van der Waals surface area contributed by atoms with Gasteiger partial charge in [0, 0.05) is 38.5 Å². The number of aryl methyl sites for hydroxylation is 3. The Morgan fingerprint density at radius 2 is 2.06 bits per heavy atom. The van der Waals surface area contributed by atoms with Crippen LogP contribution in [0.2, 0.25) is 0 Å². The van der Waals surface area contributed by atoms with Gasteiger partial charge in [0.2, 0.25) is 0 Å². The van der Waals surface area contributed by atoms with E-state index in [4.69, 9.17) is 4.99 Å². The Morgan fingerprint density at radius 1 is 1.22 bits per heavy atom.